The molecule has 1 N–H and O–H groups in total. The van der Waals surface area contributed by atoms with E-state index in [0.29, 0.717) is 6.42 Å². The maximum Gasteiger partial charge on any atom is 0.416 e. The van der Waals surface area contributed by atoms with Crippen molar-refractivity contribution in [3.8, 4) is 0 Å². The molecule has 2 rings (SSSR count). The van der Waals surface area contributed by atoms with Crippen LogP contribution in [-0.2, 0) is 11.0 Å². The summed E-state index contributed by atoms with van der Waals surface area (Å²) in [6, 6.07) is 4.99. The van der Waals surface area contributed by atoms with Gasteiger partial charge in [0, 0.05) is 12.6 Å². The molecule has 1 aliphatic rings. The molecule has 1 heterocycles. The van der Waals surface area contributed by atoms with E-state index in [9.17, 15) is 18.0 Å². The van der Waals surface area contributed by atoms with Crippen LogP contribution < -0.4 is 5.32 Å². The number of benzene rings is 1. The molecule has 2 unspecified atom stereocenters. The summed E-state index contributed by atoms with van der Waals surface area (Å²) in [5, 5.41) is 3.03. The first-order valence-corrected chi connectivity index (χ1v) is 7.05. The number of carbonyl (C=O) groups is 1. The van der Waals surface area contributed by atoms with E-state index in [1.165, 1.54) is 17.0 Å². The third kappa shape index (κ3) is 3.20. The van der Waals surface area contributed by atoms with Crippen LogP contribution in [0.1, 0.15) is 43.5 Å². The van der Waals surface area contributed by atoms with Crippen molar-refractivity contribution in [2.24, 2.45) is 0 Å². The van der Waals surface area contributed by atoms with Crippen LogP contribution >= 0.6 is 0 Å². The van der Waals surface area contributed by atoms with E-state index in [0.717, 1.165) is 18.9 Å². The second-order valence-electron chi connectivity index (χ2n) is 5.30. The van der Waals surface area contributed by atoms with Crippen LogP contribution in [0.25, 0.3) is 0 Å². The van der Waals surface area contributed by atoms with Crippen LogP contribution in [-0.4, -0.2) is 23.9 Å². The predicted molar refractivity (Wildman–Crippen MR) is 73.4 cm³/mol. The molecule has 1 fully saturated rings. The summed E-state index contributed by atoms with van der Waals surface area (Å²) < 4.78 is 39.3. The summed E-state index contributed by atoms with van der Waals surface area (Å²) in [5.41, 5.74) is -0.599. The van der Waals surface area contributed by atoms with Crippen LogP contribution in [0.3, 0.4) is 0 Å². The number of rotatable bonds is 4. The zero-order valence-electron chi connectivity index (χ0n) is 12.1. The highest BCUT2D eigenvalue weighted by atomic mass is 19.4. The molecule has 1 saturated heterocycles. The van der Waals surface area contributed by atoms with Crippen LogP contribution in [0.2, 0.25) is 0 Å². The highest BCUT2D eigenvalue weighted by Crippen LogP contribution is 2.37. The maximum absolute atomic E-state index is 13.1. The van der Waals surface area contributed by atoms with Crippen molar-refractivity contribution in [2.45, 2.75) is 44.6 Å². The zero-order chi connectivity index (χ0) is 15.6. The van der Waals surface area contributed by atoms with Gasteiger partial charge in [0.05, 0.1) is 11.6 Å². The first kappa shape index (κ1) is 15.8. The van der Waals surface area contributed by atoms with Gasteiger partial charge in [-0.3, -0.25) is 10.1 Å². The van der Waals surface area contributed by atoms with Gasteiger partial charge in [0.1, 0.15) is 6.17 Å². The lowest BCUT2D eigenvalue weighted by Gasteiger charge is -2.23. The highest BCUT2D eigenvalue weighted by molar-refractivity contribution is 5.84. The SMILES string of the molecule is CCCCC1NC(c2ccccc2C(F)(F)F)N(C)C1=O. The molecular weight excluding hydrogens is 281 g/mol. The van der Waals surface area contributed by atoms with Crippen molar-refractivity contribution in [1.29, 1.82) is 0 Å². The van der Waals surface area contributed by atoms with Gasteiger partial charge in [-0.1, -0.05) is 38.0 Å². The number of hydrogen-bond donors (Lipinski definition) is 1. The summed E-state index contributed by atoms with van der Waals surface area (Å²) in [5.74, 6) is -0.148. The number of carbonyl (C=O) groups excluding carboxylic acids is 1. The van der Waals surface area contributed by atoms with E-state index in [2.05, 4.69) is 5.32 Å². The lowest BCUT2D eigenvalue weighted by Crippen LogP contribution is -2.29. The van der Waals surface area contributed by atoms with Crippen LogP contribution in [0.5, 0.6) is 0 Å². The lowest BCUT2D eigenvalue weighted by molar-refractivity contribution is -0.139. The number of nitrogens with zero attached hydrogens (tertiary/aromatic N) is 1. The smallest absolute Gasteiger partial charge is 0.325 e. The number of nitrogens with one attached hydrogen (secondary N) is 1. The minimum absolute atomic E-state index is 0.0971. The molecule has 0 spiro atoms. The number of unbranched alkanes of at least 4 members (excludes halogenated alkanes) is 1. The largest absolute Gasteiger partial charge is 0.416 e. The molecule has 0 aromatic heterocycles. The van der Waals surface area contributed by atoms with Crippen molar-refractivity contribution in [1.82, 2.24) is 10.2 Å². The Hall–Kier alpha value is -1.56. The molecule has 6 heteroatoms. The van der Waals surface area contributed by atoms with Crippen LogP contribution in [0.4, 0.5) is 13.2 Å². The average Bonchev–Trinajstić information content (AvgIpc) is 2.72. The summed E-state index contributed by atoms with van der Waals surface area (Å²) in [7, 11) is 1.54. The maximum atomic E-state index is 13.1. The minimum Gasteiger partial charge on any atom is -0.325 e. The number of hydrogen-bond acceptors (Lipinski definition) is 2. The van der Waals surface area contributed by atoms with Gasteiger partial charge in [-0.15, -0.1) is 0 Å². The summed E-state index contributed by atoms with van der Waals surface area (Å²) >= 11 is 0. The number of amides is 1. The van der Waals surface area contributed by atoms with Crippen molar-refractivity contribution in [2.75, 3.05) is 7.05 Å². The van der Waals surface area contributed by atoms with E-state index in [-0.39, 0.29) is 11.5 Å². The fraction of sp³-hybridized carbons (Fsp3) is 0.533. The Morgan fingerprint density at radius 3 is 2.57 bits per heavy atom. The Morgan fingerprint density at radius 2 is 1.95 bits per heavy atom. The third-order valence-electron chi connectivity index (χ3n) is 3.80. The van der Waals surface area contributed by atoms with E-state index in [4.69, 9.17) is 0 Å². The van der Waals surface area contributed by atoms with Gasteiger partial charge in [-0.25, -0.2) is 0 Å². The Bertz CT molecular complexity index is 516. The fourth-order valence-corrected chi connectivity index (χ4v) is 2.65. The van der Waals surface area contributed by atoms with Crippen molar-refractivity contribution in [3.63, 3.8) is 0 Å². The standard InChI is InChI=1S/C15H19F3N2O/c1-3-4-9-12-14(21)20(2)13(19-12)10-7-5-6-8-11(10)15(16,17)18/h5-8,12-13,19H,3-4,9H2,1-2H3. The van der Waals surface area contributed by atoms with Crippen molar-refractivity contribution >= 4 is 5.91 Å². The van der Waals surface area contributed by atoms with Gasteiger partial charge in [0.25, 0.3) is 0 Å². The summed E-state index contributed by atoms with van der Waals surface area (Å²) in [6.45, 7) is 2.01. The van der Waals surface area contributed by atoms with E-state index < -0.39 is 23.9 Å². The summed E-state index contributed by atoms with van der Waals surface area (Å²) in [6.07, 6.45) is -2.70. The molecule has 0 aliphatic carbocycles. The number of alkyl halides is 3. The monoisotopic (exact) mass is 300 g/mol. The van der Waals surface area contributed by atoms with Gasteiger partial charge in [-0.05, 0) is 12.5 Å². The van der Waals surface area contributed by atoms with E-state index in [1.807, 2.05) is 6.92 Å². The second kappa shape index (κ2) is 6.05. The van der Waals surface area contributed by atoms with Gasteiger partial charge < -0.3 is 4.90 Å². The molecule has 116 valence electrons. The fourth-order valence-electron chi connectivity index (χ4n) is 2.65. The van der Waals surface area contributed by atoms with Gasteiger partial charge >= 0.3 is 6.18 Å². The second-order valence-corrected chi connectivity index (χ2v) is 5.30. The Kier molecular flexibility index (Phi) is 4.56. The zero-order valence-corrected chi connectivity index (χ0v) is 12.1. The molecule has 2 atom stereocenters. The van der Waals surface area contributed by atoms with Crippen molar-refractivity contribution in [3.05, 3.63) is 35.4 Å². The van der Waals surface area contributed by atoms with Gasteiger partial charge in [-0.2, -0.15) is 13.2 Å². The van der Waals surface area contributed by atoms with Crippen molar-refractivity contribution < 1.29 is 18.0 Å². The molecule has 0 bridgehead atoms. The van der Waals surface area contributed by atoms with Crippen LogP contribution in [0, 0.1) is 0 Å². The topological polar surface area (TPSA) is 32.3 Å². The molecule has 1 amide bonds. The molecule has 1 aromatic rings. The molecule has 0 radical (unpaired) electrons. The highest BCUT2D eigenvalue weighted by Gasteiger charge is 2.41. The first-order chi connectivity index (χ1) is 9.86. The Morgan fingerprint density at radius 1 is 1.29 bits per heavy atom. The van der Waals surface area contributed by atoms with Gasteiger partial charge in [0.2, 0.25) is 5.91 Å². The number of halogens is 3. The van der Waals surface area contributed by atoms with E-state index >= 15 is 0 Å². The quantitative estimate of drug-likeness (QED) is 0.925. The average molecular weight is 300 g/mol. The molecule has 21 heavy (non-hydrogen) atoms. The van der Waals surface area contributed by atoms with Gasteiger partial charge in [0.15, 0.2) is 0 Å². The first-order valence-electron chi connectivity index (χ1n) is 7.05. The van der Waals surface area contributed by atoms with Crippen LogP contribution in [0.15, 0.2) is 24.3 Å². The molecule has 3 nitrogen and oxygen atoms in total. The third-order valence-corrected chi connectivity index (χ3v) is 3.80. The number of likely N-dealkylation sites (N-methyl/N-ethyl adjacent to an activating group) is 1. The molecule has 1 aromatic carbocycles. The van der Waals surface area contributed by atoms with E-state index in [1.54, 1.807) is 13.1 Å². The predicted octanol–water partition coefficient (Wildman–Crippen LogP) is 3.32. The molecule has 1 aliphatic heterocycles. The minimum atomic E-state index is -4.43. The molecular formula is C15H19F3N2O. The summed E-state index contributed by atoms with van der Waals surface area (Å²) in [4.78, 5) is 13.5. The normalized spacial score (nSPS) is 22.9. The molecule has 0 saturated carbocycles. The Labute approximate surface area is 122 Å². The Balaban J connectivity index is 2.29. The lowest BCUT2D eigenvalue weighted by atomic mass is 10.0.